The Labute approximate surface area is 108 Å². The second kappa shape index (κ2) is 7.01. The van der Waals surface area contributed by atoms with Gasteiger partial charge in [-0.25, -0.2) is 0 Å². The molecule has 1 atom stereocenters. The van der Waals surface area contributed by atoms with Gasteiger partial charge in [-0.2, -0.15) is 0 Å². The van der Waals surface area contributed by atoms with E-state index in [9.17, 15) is 4.79 Å². The fourth-order valence-electron chi connectivity index (χ4n) is 1.59. The second-order valence-electron chi connectivity index (χ2n) is 4.37. The van der Waals surface area contributed by atoms with Crippen LogP contribution in [0.2, 0.25) is 0 Å². The highest BCUT2D eigenvalue weighted by molar-refractivity contribution is 5.77. The summed E-state index contributed by atoms with van der Waals surface area (Å²) in [4.78, 5) is 10.9. The minimum Gasteiger partial charge on any atom is -0.493 e. The van der Waals surface area contributed by atoms with Crippen molar-refractivity contribution in [3.63, 3.8) is 0 Å². The lowest BCUT2D eigenvalue weighted by molar-refractivity contribution is -0.118. The summed E-state index contributed by atoms with van der Waals surface area (Å²) in [6.07, 6.45) is 0.917. The van der Waals surface area contributed by atoms with Crippen molar-refractivity contribution in [2.24, 2.45) is 0 Å². The maximum Gasteiger partial charge on any atom is 0.167 e. The monoisotopic (exact) mass is 251 g/mol. The van der Waals surface area contributed by atoms with E-state index in [-0.39, 0.29) is 12.4 Å². The number of nitrogens with one attached hydrogen (secondary N) is 1. The number of carbonyl (C=O) groups excluding carboxylic acids is 1. The maximum atomic E-state index is 10.9. The molecule has 0 saturated heterocycles. The van der Waals surface area contributed by atoms with Crippen LogP contribution in [-0.2, 0) is 11.2 Å². The summed E-state index contributed by atoms with van der Waals surface area (Å²) in [6, 6.07) is 6.19. The molecule has 0 saturated carbocycles. The number of hydrogen-bond donors (Lipinski definition) is 1. The van der Waals surface area contributed by atoms with E-state index < -0.39 is 0 Å². The van der Waals surface area contributed by atoms with Crippen LogP contribution < -0.4 is 14.8 Å². The molecule has 0 aliphatic rings. The average Bonchev–Trinajstić information content (AvgIpc) is 2.36. The molecule has 0 heterocycles. The Hall–Kier alpha value is -1.55. The number of hydrogen-bond acceptors (Lipinski definition) is 4. The third-order valence-electron chi connectivity index (χ3n) is 2.69. The van der Waals surface area contributed by atoms with Gasteiger partial charge in [0.1, 0.15) is 6.61 Å². The van der Waals surface area contributed by atoms with E-state index in [4.69, 9.17) is 9.47 Å². The molecule has 100 valence electrons. The van der Waals surface area contributed by atoms with Gasteiger partial charge >= 0.3 is 0 Å². The molecule has 1 aromatic carbocycles. The zero-order chi connectivity index (χ0) is 13.5. The highest BCUT2D eigenvalue weighted by Crippen LogP contribution is 2.28. The Bertz CT molecular complexity index is 404. The number of carbonyl (C=O) groups is 1. The summed E-state index contributed by atoms with van der Waals surface area (Å²) in [5, 5.41) is 3.19. The number of Topliss-reactive ketones (excluding diaryl/α,β-unsaturated/α-hetero) is 1. The topological polar surface area (TPSA) is 47.6 Å². The summed E-state index contributed by atoms with van der Waals surface area (Å²) in [6.45, 7) is 3.69. The van der Waals surface area contributed by atoms with Gasteiger partial charge in [0.05, 0.1) is 7.11 Å². The van der Waals surface area contributed by atoms with Crippen molar-refractivity contribution in [3.8, 4) is 11.5 Å². The average molecular weight is 251 g/mol. The van der Waals surface area contributed by atoms with E-state index in [2.05, 4.69) is 12.2 Å². The van der Waals surface area contributed by atoms with Crippen molar-refractivity contribution in [2.45, 2.75) is 26.3 Å². The second-order valence-corrected chi connectivity index (χ2v) is 4.37. The molecular weight excluding hydrogens is 230 g/mol. The molecule has 0 amide bonds. The van der Waals surface area contributed by atoms with E-state index >= 15 is 0 Å². The summed E-state index contributed by atoms with van der Waals surface area (Å²) >= 11 is 0. The normalized spacial score (nSPS) is 12.0. The Morgan fingerprint density at radius 3 is 2.67 bits per heavy atom. The number of methoxy groups -OCH3 is 1. The highest BCUT2D eigenvalue weighted by Gasteiger charge is 2.08. The van der Waals surface area contributed by atoms with Gasteiger partial charge < -0.3 is 14.8 Å². The van der Waals surface area contributed by atoms with E-state index in [1.807, 2.05) is 25.2 Å². The Morgan fingerprint density at radius 2 is 2.11 bits per heavy atom. The number of rotatable bonds is 7. The van der Waals surface area contributed by atoms with Crippen LogP contribution in [0.4, 0.5) is 0 Å². The van der Waals surface area contributed by atoms with E-state index in [0.717, 1.165) is 6.42 Å². The summed E-state index contributed by atoms with van der Waals surface area (Å²) in [5.74, 6) is 1.26. The largest absolute Gasteiger partial charge is 0.493 e. The molecular formula is C14H21NO3. The molecule has 1 rings (SSSR count). The highest BCUT2D eigenvalue weighted by atomic mass is 16.5. The van der Waals surface area contributed by atoms with Crippen LogP contribution >= 0.6 is 0 Å². The lowest BCUT2D eigenvalue weighted by Gasteiger charge is -2.13. The molecule has 1 N–H and O–H groups in total. The first-order valence-electron chi connectivity index (χ1n) is 6.03. The predicted octanol–water partition coefficient (Wildman–Crippen LogP) is 1.81. The fraction of sp³-hybridized carbons (Fsp3) is 0.500. The van der Waals surface area contributed by atoms with E-state index in [1.165, 1.54) is 12.5 Å². The molecule has 0 spiro atoms. The summed E-state index contributed by atoms with van der Waals surface area (Å²) in [7, 11) is 3.54. The van der Waals surface area contributed by atoms with Crippen LogP contribution in [0.1, 0.15) is 19.4 Å². The molecule has 0 aliphatic heterocycles. The van der Waals surface area contributed by atoms with Crippen LogP contribution in [0.3, 0.4) is 0 Å². The van der Waals surface area contributed by atoms with Gasteiger partial charge in [-0.05, 0) is 45.0 Å². The molecule has 4 heteroatoms. The predicted molar refractivity (Wildman–Crippen MR) is 71.4 cm³/mol. The van der Waals surface area contributed by atoms with Crippen LogP contribution in [0.25, 0.3) is 0 Å². The smallest absolute Gasteiger partial charge is 0.167 e. The Balaban J connectivity index is 2.79. The van der Waals surface area contributed by atoms with Gasteiger partial charge in [0.15, 0.2) is 17.3 Å². The van der Waals surface area contributed by atoms with E-state index in [0.29, 0.717) is 17.5 Å². The zero-order valence-electron chi connectivity index (χ0n) is 11.4. The first kappa shape index (κ1) is 14.5. The first-order chi connectivity index (χ1) is 8.56. The maximum absolute atomic E-state index is 10.9. The molecule has 0 radical (unpaired) electrons. The summed E-state index contributed by atoms with van der Waals surface area (Å²) < 4.78 is 10.7. The van der Waals surface area contributed by atoms with Gasteiger partial charge in [-0.15, -0.1) is 0 Å². The van der Waals surface area contributed by atoms with Crippen molar-refractivity contribution in [3.05, 3.63) is 23.8 Å². The van der Waals surface area contributed by atoms with Crippen LogP contribution in [0.15, 0.2) is 18.2 Å². The molecule has 4 nitrogen and oxygen atoms in total. The minimum atomic E-state index is -0.00932. The van der Waals surface area contributed by atoms with Gasteiger partial charge in [-0.1, -0.05) is 6.07 Å². The molecule has 0 bridgehead atoms. The zero-order valence-corrected chi connectivity index (χ0v) is 11.4. The first-order valence-corrected chi connectivity index (χ1v) is 6.03. The SMILES string of the molecule is CNC(C)Cc1ccc(OCC(C)=O)c(OC)c1. The van der Waals surface area contributed by atoms with Gasteiger partial charge in [0, 0.05) is 6.04 Å². The van der Waals surface area contributed by atoms with Crippen LogP contribution in [0, 0.1) is 0 Å². The third-order valence-corrected chi connectivity index (χ3v) is 2.69. The molecule has 1 unspecified atom stereocenters. The third kappa shape index (κ3) is 4.37. The van der Waals surface area contributed by atoms with Crippen LogP contribution in [0.5, 0.6) is 11.5 Å². The molecule has 0 aromatic heterocycles. The lowest BCUT2D eigenvalue weighted by Crippen LogP contribution is -2.23. The van der Waals surface area contributed by atoms with Crippen molar-refractivity contribution >= 4 is 5.78 Å². The van der Waals surface area contributed by atoms with Gasteiger partial charge in [-0.3, -0.25) is 4.79 Å². The van der Waals surface area contributed by atoms with Gasteiger partial charge in [0.25, 0.3) is 0 Å². The molecule has 1 aromatic rings. The fourth-order valence-corrected chi connectivity index (χ4v) is 1.59. The number of likely N-dealkylation sites (N-methyl/N-ethyl adjacent to an activating group) is 1. The number of ketones is 1. The molecule has 0 fully saturated rings. The van der Waals surface area contributed by atoms with E-state index in [1.54, 1.807) is 7.11 Å². The standard InChI is InChI=1S/C14H21NO3/c1-10(15-3)7-12-5-6-13(14(8-12)17-4)18-9-11(2)16/h5-6,8,10,15H,7,9H2,1-4H3. The number of benzene rings is 1. The van der Waals surface area contributed by atoms with Crippen molar-refractivity contribution in [2.75, 3.05) is 20.8 Å². The van der Waals surface area contributed by atoms with Crippen molar-refractivity contribution in [1.82, 2.24) is 5.32 Å². The van der Waals surface area contributed by atoms with Crippen LogP contribution in [-0.4, -0.2) is 32.6 Å². The Kier molecular flexibility index (Phi) is 5.65. The van der Waals surface area contributed by atoms with Gasteiger partial charge in [0.2, 0.25) is 0 Å². The van der Waals surface area contributed by atoms with Crippen molar-refractivity contribution in [1.29, 1.82) is 0 Å². The molecule has 18 heavy (non-hydrogen) atoms. The quantitative estimate of drug-likeness (QED) is 0.803. The molecule has 0 aliphatic carbocycles. The Morgan fingerprint density at radius 1 is 1.39 bits per heavy atom. The lowest BCUT2D eigenvalue weighted by atomic mass is 10.1. The van der Waals surface area contributed by atoms with Crippen molar-refractivity contribution < 1.29 is 14.3 Å². The minimum absolute atomic E-state index is 0.00932. The summed E-state index contributed by atoms with van der Waals surface area (Å²) in [5.41, 5.74) is 1.17. The number of ether oxygens (including phenoxy) is 2.